The van der Waals surface area contributed by atoms with Crippen molar-refractivity contribution in [2.45, 2.75) is 109 Å². The van der Waals surface area contributed by atoms with Gasteiger partial charge in [0.25, 0.3) is 0 Å². The van der Waals surface area contributed by atoms with Crippen molar-refractivity contribution in [3.8, 4) is 5.75 Å². The fraction of sp³-hybridized carbons (Fsp3) is 0.346. The largest absolute Gasteiger partial charge is 0.512 e. The molecule has 336 valence electrons. The van der Waals surface area contributed by atoms with Gasteiger partial charge in [-0.05, 0) is 53.2 Å². The van der Waals surface area contributed by atoms with E-state index in [9.17, 15) is 39.0 Å². The molecule has 2 aliphatic rings. The number of carbonyl (C=O) groups excluding carboxylic acids is 6. The normalized spacial score (nSPS) is 14.1. The van der Waals surface area contributed by atoms with Crippen LogP contribution >= 0.6 is 0 Å². The molecule has 2 aromatic carbocycles. The minimum Gasteiger partial charge on any atom is -0.512 e. The van der Waals surface area contributed by atoms with Crippen LogP contribution in [-0.4, -0.2) is 65.2 Å². The molecule has 0 aromatic heterocycles. The molecule has 1 unspecified atom stereocenters. The van der Waals surface area contributed by atoms with Gasteiger partial charge in [0, 0.05) is 57.2 Å². The summed E-state index contributed by atoms with van der Waals surface area (Å²) in [6, 6.07) is 8.28. The average molecular weight is 853 g/mol. The molecule has 0 radical (unpaired) electrons. The quantitative estimate of drug-likeness (QED) is 0.0495. The molecule has 0 amide bonds. The van der Waals surface area contributed by atoms with E-state index in [1.807, 2.05) is 55.4 Å². The molecular formula is C52H68O10. The van der Waals surface area contributed by atoms with Gasteiger partial charge in [-0.2, -0.15) is 0 Å². The number of ether oxygens (including phenoxy) is 2. The molecule has 2 aromatic rings. The van der Waals surface area contributed by atoms with Crippen molar-refractivity contribution in [2.24, 2.45) is 0 Å². The molecule has 0 bridgehead atoms. The first-order valence-electron chi connectivity index (χ1n) is 21.1. The number of carbonyl (C=O) groups is 6. The van der Waals surface area contributed by atoms with E-state index in [1.54, 1.807) is 6.92 Å². The second-order valence-corrected chi connectivity index (χ2v) is 12.3. The summed E-state index contributed by atoms with van der Waals surface area (Å²) in [5, 5.41) is 22.2. The molecule has 0 fully saturated rings. The van der Waals surface area contributed by atoms with Crippen LogP contribution < -0.4 is 4.74 Å². The third kappa shape index (κ3) is 13.6. The number of rotatable bonds is 13. The van der Waals surface area contributed by atoms with Gasteiger partial charge in [0.05, 0.1) is 17.8 Å². The maximum atomic E-state index is 14.4. The minimum absolute atomic E-state index is 0.0407. The first-order valence-corrected chi connectivity index (χ1v) is 21.1. The van der Waals surface area contributed by atoms with Crippen LogP contribution in [0.2, 0.25) is 0 Å². The Kier molecular flexibility index (Phi) is 27.9. The van der Waals surface area contributed by atoms with Gasteiger partial charge < -0.3 is 19.7 Å². The molecule has 2 aliphatic carbocycles. The number of hydrogen-bond donors (Lipinski definition) is 2. The molecule has 0 saturated carbocycles. The zero-order valence-electron chi connectivity index (χ0n) is 39.5. The van der Waals surface area contributed by atoms with Crippen LogP contribution in [0.25, 0.3) is 0 Å². The third-order valence-corrected chi connectivity index (χ3v) is 8.94. The standard InChI is InChI=1S/C38H32O10.C6H12.4C2H6/c1-7-19(3)48-28-16-15-26(27(18-39)20(28)4)33(41)29(21(5)40)30-31(35(43)25-13-10-9-12-24(25)34(30)42)32-36(44)23(14-11-17-47-6)22(8-2)37(45)38(32)46;1-4-6(3)5-2;4*1-2/h7-16,18-19,40,46H,1-2,17H2,3-6H3;4H,5H2,1-3H3;4*1-2H3/b14-11-,29-21+;6-4+;;;;. The highest BCUT2D eigenvalue weighted by Crippen LogP contribution is 2.41. The maximum absolute atomic E-state index is 14.4. The first-order chi connectivity index (χ1) is 29.7. The molecule has 1 atom stereocenters. The average Bonchev–Trinajstić information content (AvgIpc) is 3.30. The smallest absolute Gasteiger partial charge is 0.228 e. The number of aliphatic hydroxyl groups is 2. The number of benzene rings is 2. The van der Waals surface area contributed by atoms with E-state index in [0.29, 0.717) is 6.29 Å². The lowest BCUT2D eigenvalue weighted by Crippen LogP contribution is -2.32. The molecule has 0 aliphatic heterocycles. The van der Waals surface area contributed by atoms with Crippen LogP contribution in [0.15, 0.2) is 130 Å². The molecule has 10 nitrogen and oxygen atoms in total. The van der Waals surface area contributed by atoms with Gasteiger partial charge in [-0.25, -0.2) is 0 Å². The van der Waals surface area contributed by atoms with Crippen LogP contribution in [0, 0.1) is 6.92 Å². The molecule has 4 rings (SSSR count). The summed E-state index contributed by atoms with van der Waals surface area (Å²) in [7, 11) is 1.40. The fourth-order valence-electron chi connectivity index (χ4n) is 5.67. The number of aldehydes is 1. The number of aliphatic hydroxyl groups excluding tert-OH is 2. The van der Waals surface area contributed by atoms with Crippen LogP contribution in [0.5, 0.6) is 5.75 Å². The summed E-state index contributed by atoms with van der Waals surface area (Å²) < 4.78 is 10.8. The van der Waals surface area contributed by atoms with E-state index >= 15 is 0 Å². The van der Waals surface area contributed by atoms with Crippen LogP contribution in [0.4, 0.5) is 0 Å². The molecule has 0 saturated heterocycles. The first kappa shape index (κ1) is 57.8. The predicted molar refractivity (Wildman–Crippen MR) is 252 cm³/mol. The van der Waals surface area contributed by atoms with Crippen molar-refractivity contribution in [3.63, 3.8) is 0 Å². The summed E-state index contributed by atoms with van der Waals surface area (Å²) in [5.74, 6) is -6.67. The van der Waals surface area contributed by atoms with Gasteiger partial charge in [0.2, 0.25) is 5.78 Å². The number of methoxy groups -OCH3 is 1. The van der Waals surface area contributed by atoms with E-state index in [0.717, 1.165) is 13.0 Å². The highest BCUT2D eigenvalue weighted by molar-refractivity contribution is 6.39. The van der Waals surface area contributed by atoms with E-state index in [1.165, 1.54) is 80.7 Å². The summed E-state index contributed by atoms with van der Waals surface area (Å²) in [4.78, 5) is 82.7. The second kappa shape index (κ2) is 29.9. The lowest BCUT2D eigenvalue weighted by Gasteiger charge is -2.26. The number of fused-ring (bicyclic) bond motifs is 1. The van der Waals surface area contributed by atoms with Gasteiger partial charge in [-0.3, -0.25) is 28.8 Å². The zero-order valence-corrected chi connectivity index (χ0v) is 39.5. The van der Waals surface area contributed by atoms with Gasteiger partial charge >= 0.3 is 0 Å². The number of allylic oxidation sites excluding steroid dienone is 11. The lowest BCUT2D eigenvalue weighted by atomic mass is 9.73. The highest BCUT2D eigenvalue weighted by atomic mass is 16.5. The fourth-order valence-corrected chi connectivity index (χ4v) is 5.67. The minimum atomic E-state index is -1.16. The van der Waals surface area contributed by atoms with Gasteiger partial charge in [-0.1, -0.05) is 136 Å². The summed E-state index contributed by atoms with van der Waals surface area (Å²) >= 11 is 0. The Morgan fingerprint density at radius 3 is 1.81 bits per heavy atom. The van der Waals surface area contributed by atoms with E-state index < -0.39 is 68.8 Å². The Bertz CT molecular complexity index is 2140. The Morgan fingerprint density at radius 1 is 0.823 bits per heavy atom. The predicted octanol–water partition coefficient (Wildman–Crippen LogP) is 12.3. The highest BCUT2D eigenvalue weighted by Gasteiger charge is 2.44. The van der Waals surface area contributed by atoms with Crippen molar-refractivity contribution in [2.75, 3.05) is 13.7 Å². The molecule has 62 heavy (non-hydrogen) atoms. The number of hydrogen-bond acceptors (Lipinski definition) is 10. The van der Waals surface area contributed by atoms with Crippen LogP contribution in [0.1, 0.15) is 143 Å². The summed E-state index contributed by atoms with van der Waals surface area (Å²) in [6.07, 6.45) is 8.57. The molecular weight excluding hydrogens is 785 g/mol. The number of Topliss-reactive ketones (excluding diaryl/α,β-unsaturated/α-hetero) is 5. The third-order valence-electron chi connectivity index (χ3n) is 8.94. The molecule has 0 spiro atoms. The molecule has 0 heterocycles. The summed E-state index contributed by atoms with van der Waals surface area (Å²) in [6.45, 7) is 34.0. The van der Waals surface area contributed by atoms with E-state index in [-0.39, 0.29) is 51.3 Å². The van der Waals surface area contributed by atoms with Gasteiger partial charge in [-0.15, -0.1) is 0 Å². The second-order valence-electron chi connectivity index (χ2n) is 12.3. The SMILES string of the molecule is C/C=C(\C)CC.C=CC1=C(/C=C\COC)C(=O)C(C2=C(/C(C(=O)c3ccc(OC(C)C=C)c(C)c3C=O)=C(/C)O)C(=O)c3ccccc3C2=O)=C(O)C1=O.CC.CC.CC.CC. The number of ketones is 5. The van der Waals surface area contributed by atoms with E-state index in [4.69, 9.17) is 9.47 Å². The van der Waals surface area contributed by atoms with Crippen molar-refractivity contribution in [1.82, 2.24) is 0 Å². The van der Waals surface area contributed by atoms with Crippen molar-refractivity contribution in [1.29, 1.82) is 0 Å². The van der Waals surface area contributed by atoms with Crippen molar-refractivity contribution >= 4 is 35.2 Å². The molecule has 10 heteroatoms. The lowest BCUT2D eigenvalue weighted by molar-refractivity contribution is -0.117. The Hall–Kier alpha value is -6.26. The molecule has 2 N–H and O–H groups in total. The van der Waals surface area contributed by atoms with E-state index in [2.05, 4.69) is 40.0 Å². The van der Waals surface area contributed by atoms with Crippen molar-refractivity contribution < 1.29 is 48.5 Å². The zero-order chi connectivity index (χ0) is 48.4. The van der Waals surface area contributed by atoms with Gasteiger partial charge in [0.1, 0.15) is 17.6 Å². The maximum Gasteiger partial charge on any atom is 0.228 e. The van der Waals surface area contributed by atoms with Crippen LogP contribution in [0.3, 0.4) is 0 Å². The topological polar surface area (TPSA) is 161 Å². The van der Waals surface area contributed by atoms with Gasteiger partial charge in [0.15, 0.2) is 35.2 Å². The monoisotopic (exact) mass is 852 g/mol. The Balaban J connectivity index is 0. The Morgan fingerprint density at radius 2 is 1.37 bits per heavy atom. The van der Waals surface area contributed by atoms with Crippen molar-refractivity contribution in [3.05, 3.63) is 158 Å². The summed E-state index contributed by atoms with van der Waals surface area (Å²) in [5.41, 5.74) is -2.54. The Labute approximate surface area is 369 Å². The van der Waals surface area contributed by atoms with Crippen LogP contribution in [-0.2, 0) is 14.3 Å².